The van der Waals surface area contributed by atoms with Crippen LogP contribution in [0.3, 0.4) is 0 Å². The van der Waals surface area contributed by atoms with E-state index in [0.29, 0.717) is 12.2 Å². The van der Waals surface area contributed by atoms with E-state index in [0.717, 1.165) is 0 Å². The Morgan fingerprint density at radius 3 is 2.67 bits per heavy atom. The third kappa shape index (κ3) is 3.32. The first-order chi connectivity index (χ1) is 10.0. The number of anilines is 1. The highest BCUT2D eigenvalue weighted by atomic mass is 16.6. The molecule has 0 radical (unpaired) electrons. The number of rotatable bonds is 5. The molecule has 0 aliphatic carbocycles. The van der Waals surface area contributed by atoms with Crippen LogP contribution < -0.4 is 15.2 Å². The largest absolute Gasteiger partial charge is 0.464 e. The quantitative estimate of drug-likeness (QED) is 0.653. The molecule has 9 nitrogen and oxygen atoms in total. The molecule has 0 bridgehead atoms. The van der Waals surface area contributed by atoms with Crippen molar-refractivity contribution in [1.29, 1.82) is 0 Å². The highest BCUT2D eigenvalue weighted by molar-refractivity contribution is 5.52. The Morgan fingerprint density at radius 2 is 2.00 bits per heavy atom. The molecule has 0 aliphatic rings. The summed E-state index contributed by atoms with van der Waals surface area (Å²) in [6.07, 6.45) is 0. The minimum Gasteiger partial charge on any atom is -0.464 e. The van der Waals surface area contributed by atoms with E-state index in [9.17, 15) is 10.1 Å². The number of para-hydroxylation sites is 1. The van der Waals surface area contributed by atoms with E-state index in [1.807, 2.05) is 0 Å². The fourth-order valence-corrected chi connectivity index (χ4v) is 1.60. The van der Waals surface area contributed by atoms with Gasteiger partial charge in [-0.2, -0.15) is 9.97 Å². The number of aromatic nitrogens is 3. The van der Waals surface area contributed by atoms with Crippen LogP contribution in [-0.4, -0.2) is 26.5 Å². The molecule has 1 heterocycles. The van der Waals surface area contributed by atoms with Gasteiger partial charge in [0.1, 0.15) is 0 Å². The lowest BCUT2D eigenvalue weighted by Gasteiger charge is -2.08. The zero-order valence-electron chi connectivity index (χ0n) is 11.4. The Balaban J connectivity index is 2.40. The molecule has 0 unspecified atom stereocenters. The van der Waals surface area contributed by atoms with Crippen LogP contribution in [0.25, 0.3) is 0 Å². The molecule has 9 heteroatoms. The number of nitro groups is 1. The van der Waals surface area contributed by atoms with Crippen LogP contribution in [0.1, 0.15) is 12.5 Å². The summed E-state index contributed by atoms with van der Waals surface area (Å²) < 4.78 is 10.5. The van der Waals surface area contributed by atoms with Gasteiger partial charge in [-0.3, -0.25) is 10.1 Å². The molecule has 0 saturated heterocycles. The lowest BCUT2D eigenvalue weighted by Crippen LogP contribution is -2.05. The molecule has 0 aliphatic heterocycles. The summed E-state index contributed by atoms with van der Waals surface area (Å²) in [7, 11) is 0. The Labute approximate surface area is 119 Å². The van der Waals surface area contributed by atoms with Crippen LogP contribution in [0.4, 0.5) is 11.6 Å². The lowest BCUT2D eigenvalue weighted by molar-refractivity contribution is -0.385. The number of hydrogen-bond acceptors (Lipinski definition) is 8. The molecule has 0 amide bonds. The summed E-state index contributed by atoms with van der Waals surface area (Å²) >= 11 is 0. The number of nitro benzene ring substituents is 1. The highest BCUT2D eigenvalue weighted by Gasteiger charge is 2.19. The molecule has 0 saturated carbocycles. The van der Waals surface area contributed by atoms with Gasteiger partial charge in [0.15, 0.2) is 0 Å². The lowest BCUT2D eigenvalue weighted by atomic mass is 10.2. The van der Waals surface area contributed by atoms with Gasteiger partial charge in [0, 0.05) is 6.07 Å². The number of ether oxygens (including phenoxy) is 2. The molecule has 1 aromatic heterocycles. The van der Waals surface area contributed by atoms with Crippen LogP contribution in [0.5, 0.6) is 17.8 Å². The van der Waals surface area contributed by atoms with Gasteiger partial charge >= 0.3 is 17.7 Å². The van der Waals surface area contributed by atoms with E-state index in [-0.39, 0.29) is 29.4 Å². The maximum atomic E-state index is 11.0. The van der Waals surface area contributed by atoms with Crippen molar-refractivity contribution in [2.24, 2.45) is 0 Å². The first-order valence-corrected chi connectivity index (χ1v) is 6.07. The average molecular weight is 291 g/mol. The molecule has 1 aromatic carbocycles. The maximum absolute atomic E-state index is 11.0. The van der Waals surface area contributed by atoms with Gasteiger partial charge in [-0.05, 0) is 19.4 Å². The first-order valence-electron chi connectivity index (χ1n) is 6.07. The molecule has 0 spiro atoms. The topological polar surface area (TPSA) is 126 Å². The standard InChI is InChI=1S/C12H13N5O4/c1-3-20-11-14-10(13)15-12(16-11)21-9-7(2)5-4-6-8(9)17(18)19/h4-6H,3H2,1-2H3,(H2,13,14,15,16). The molecule has 0 atom stereocenters. The van der Waals surface area contributed by atoms with E-state index in [1.54, 1.807) is 26.0 Å². The monoisotopic (exact) mass is 291 g/mol. The van der Waals surface area contributed by atoms with Crippen molar-refractivity contribution in [2.75, 3.05) is 12.3 Å². The predicted octanol–water partition coefficient (Wildman–Crippen LogP) is 1.86. The smallest absolute Gasteiger partial charge is 0.330 e. The molecule has 2 N–H and O–H groups in total. The number of aryl methyl sites for hydroxylation is 1. The molecule has 2 aromatic rings. The summed E-state index contributed by atoms with van der Waals surface area (Å²) in [5, 5.41) is 11.0. The second-order valence-electron chi connectivity index (χ2n) is 3.97. The minimum absolute atomic E-state index is 0.00348. The molecular weight excluding hydrogens is 278 g/mol. The Morgan fingerprint density at radius 1 is 1.29 bits per heavy atom. The fourth-order valence-electron chi connectivity index (χ4n) is 1.60. The summed E-state index contributed by atoms with van der Waals surface area (Å²) in [6, 6.07) is 4.40. The van der Waals surface area contributed by atoms with Crippen molar-refractivity contribution in [2.45, 2.75) is 13.8 Å². The molecule has 2 rings (SSSR count). The van der Waals surface area contributed by atoms with Gasteiger partial charge in [-0.1, -0.05) is 12.1 Å². The van der Waals surface area contributed by atoms with Gasteiger partial charge in [0.05, 0.1) is 11.5 Å². The Kier molecular flexibility index (Phi) is 4.12. The van der Waals surface area contributed by atoms with E-state index in [2.05, 4.69) is 15.0 Å². The van der Waals surface area contributed by atoms with Crippen molar-refractivity contribution < 1.29 is 14.4 Å². The molecule has 21 heavy (non-hydrogen) atoms. The van der Waals surface area contributed by atoms with Crippen LogP contribution in [0, 0.1) is 17.0 Å². The summed E-state index contributed by atoms with van der Waals surface area (Å²) in [4.78, 5) is 21.9. The van der Waals surface area contributed by atoms with E-state index < -0.39 is 4.92 Å². The molecule has 110 valence electrons. The van der Waals surface area contributed by atoms with Gasteiger partial charge in [0.25, 0.3) is 0 Å². The van der Waals surface area contributed by atoms with Crippen LogP contribution in [0.2, 0.25) is 0 Å². The second-order valence-corrected chi connectivity index (χ2v) is 3.97. The van der Waals surface area contributed by atoms with E-state index in [1.165, 1.54) is 6.07 Å². The van der Waals surface area contributed by atoms with Gasteiger partial charge in [-0.25, -0.2) is 0 Å². The molecule has 0 fully saturated rings. The number of nitrogens with two attached hydrogens (primary N) is 1. The SMILES string of the molecule is CCOc1nc(N)nc(Oc2c(C)cccc2[N+](=O)[O-])n1. The summed E-state index contributed by atoms with van der Waals surface area (Å²) in [5.74, 6) is -0.0461. The first kappa shape index (κ1) is 14.4. The highest BCUT2D eigenvalue weighted by Crippen LogP contribution is 2.33. The third-order valence-electron chi connectivity index (χ3n) is 2.47. The van der Waals surface area contributed by atoms with Crippen molar-refractivity contribution >= 4 is 11.6 Å². The summed E-state index contributed by atoms with van der Waals surface area (Å²) in [5.41, 5.74) is 5.91. The Hall–Kier alpha value is -2.97. The van der Waals surface area contributed by atoms with Crippen molar-refractivity contribution in [3.63, 3.8) is 0 Å². The Bertz CT molecular complexity index is 677. The number of hydrogen-bond donors (Lipinski definition) is 1. The van der Waals surface area contributed by atoms with Gasteiger partial charge in [0.2, 0.25) is 11.7 Å². The summed E-state index contributed by atoms with van der Waals surface area (Å²) in [6.45, 7) is 3.77. The van der Waals surface area contributed by atoms with Crippen LogP contribution >= 0.6 is 0 Å². The van der Waals surface area contributed by atoms with E-state index >= 15 is 0 Å². The number of nitrogens with zero attached hydrogens (tertiary/aromatic N) is 4. The number of benzene rings is 1. The molecular formula is C12H13N5O4. The van der Waals surface area contributed by atoms with Crippen molar-refractivity contribution in [3.8, 4) is 17.8 Å². The number of nitrogen functional groups attached to an aromatic ring is 1. The fraction of sp³-hybridized carbons (Fsp3) is 0.250. The van der Waals surface area contributed by atoms with Crippen LogP contribution in [0.15, 0.2) is 18.2 Å². The van der Waals surface area contributed by atoms with Crippen molar-refractivity contribution in [3.05, 3.63) is 33.9 Å². The maximum Gasteiger partial charge on any atom is 0.330 e. The zero-order chi connectivity index (χ0) is 15.4. The minimum atomic E-state index is -0.545. The van der Waals surface area contributed by atoms with E-state index in [4.69, 9.17) is 15.2 Å². The predicted molar refractivity (Wildman–Crippen MR) is 73.3 cm³/mol. The second kappa shape index (κ2) is 5.99. The average Bonchev–Trinajstić information content (AvgIpc) is 2.40. The van der Waals surface area contributed by atoms with Gasteiger partial charge in [-0.15, -0.1) is 4.98 Å². The van der Waals surface area contributed by atoms with Crippen molar-refractivity contribution in [1.82, 2.24) is 15.0 Å². The third-order valence-corrected chi connectivity index (χ3v) is 2.47. The van der Waals surface area contributed by atoms with Gasteiger partial charge < -0.3 is 15.2 Å². The zero-order valence-corrected chi connectivity index (χ0v) is 11.4. The normalized spacial score (nSPS) is 10.2. The van der Waals surface area contributed by atoms with Crippen LogP contribution in [-0.2, 0) is 0 Å².